The number of carbonyl (C=O) groups excluding carboxylic acids is 3. The van der Waals surface area contributed by atoms with Crippen molar-refractivity contribution in [2.24, 2.45) is 0 Å². The first-order chi connectivity index (χ1) is 12.0. The summed E-state index contributed by atoms with van der Waals surface area (Å²) in [4.78, 5) is 39.2. The van der Waals surface area contributed by atoms with Gasteiger partial charge in [0, 0.05) is 26.2 Å². The number of hydrogen-bond donors (Lipinski definition) is 1. The van der Waals surface area contributed by atoms with Gasteiger partial charge in [-0.1, -0.05) is 6.07 Å². The molecule has 0 unspecified atom stereocenters. The minimum atomic E-state index is -0.728. The molecular weight excluding hydrogens is 326 g/mol. The number of rotatable bonds is 3. The van der Waals surface area contributed by atoms with Gasteiger partial charge < -0.3 is 24.6 Å². The number of benzene rings is 1. The molecular formula is C17H23N3O5. The summed E-state index contributed by atoms with van der Waals surface area (Å²) in [7, 11) is 1.50. The normalized spacial score (nSPS) is 14.0. The molecule has 1 saturated heterocycles. The Morgan fingerprint density at radius 3 is 2.36 bits per heavy atom. The lowest BCUT2D eigenvalue weighted by molar-refractivity contribution is -0.144. The fraction of sp³-hybridized carbons (Fsp3) is 0.471. The Bertz CT molecular complexity index is 654. The zero-order valence-electron chi connectivity index (χ0n) is 14.7. The maximum Gasteiger partial charge on any atom is 0.409 e. The first-order valence-electron chi connectivity index (χ1n) is 8.12. The minimum absolute atomic E-state index is 0.288. The van der Waals surface area contributed by atoms with Crippen molar-refractivity contribution in [3.63, 3.8) is 0 Å². The Labute approximate surface area is 146 Å². The third-order valence-corrected chi connectivity index (χ3v) is 3.89. The number of ether oxygens (including phenoxy) is 2. The molecule has 1 fully saturated rings. The van der Waals surface area contributed by atoms with Crippen molar-refractivity contribution in [1.82, 2.24) is 9.80 Å². The number of piperazine rings is 1. The maximum absolute atomic E-state index is 12.3. The highest BCUT2D eigenvalue weighted by atomic mass is 16.6. The molecule has 1 aliphatic heterocycles. The summed E-state index contributed by atoms with van der Waals surface area (Å²) >= 11 is 0. The molecule has 1 heterocycles. The lowest BCUT2D eigenvalue weighted by Gasteiger charge is -2.33. The molecule has 1 N–H and O–H groups in total. The highest BCUT2D eigenvalue weighted by molar-refractivity contribution is 6.39. The van der Waals surface area contributed by atoms with Gasteiger partial charge in [-0.05, 0) is 31.5 Å². The van der Waals surface area contributed by atoms with E-state index in [1.807, 2.05) is 13.0 Å². The van der Waals surface area contributed by atoms with Gasteiger partial charge >= 0.3 is 17.9 Å². The van der Waals surface area contributed by atoms with E-state index in [9.17, 15) is 14.4 Å². The second-order valence-corrected chi connectivity index (χ2v) is 5.64. The van der Waals surface area contributed by atoms with Crippen molar-refractivity contribution in [3.8, 4) is 5.75 Å². The van der Waals surface area contributed by atoms with Crippen LogP contribution in [0.1, 0.15) is 12.5 Å². The van der Waals surface area contributed by atoms with Gasteiger partial charge in [0.2, 0.25) is 0 Å². The van der Waals surface area contributed by atoms with Crippen molar-refractivity contribution < 1.29 is 23.9 Å². The fourth-order valence-electron chi connectivity index (χ4n) is 2.55. The van der Waals surface area contributed by atoms with Gasteiger partial charge in [-0.3, -0.25) is 9.59 Å². The van der Waals surface area contributed by atoms with E-state index in [1.165, 1.54) is 16.9 Å². The second kappa shape index (κ2) is 8.36. The fourth-order valence-corrected chi connectivity index (χ4v) is 2.55. The van der Waals surface area contributed by atoms with Gasteiger partial charge in [0.05, 0.1) is 19.4 Å². The summed E-state index contributed by atoms with van der Waals surface area (Å²) in [5, 5.41) is 2.59. The lowest BCUT2D eigenvalue weighted by atomic mass is 10.2. The highest BCUT2D eigenvalue weighted by Gasteiger charge is 2.28. The van der Waals surface area contributed by atoms with Crippen molar-refractivity contribution in [3.05, 3.63) is 23.8 Å². The first-order valence-corrected chi connectivity index (χ1v) is 8.12. The van der Waals surface area contributed by atoms with Crippen LogP contribution in [0.3, 0.4) is 0 Å². The molecule has 8 nitrogen and oxygen atoms in total. The van der Waals surface area contributed by atoms with Crippen LogP contribution in [-0.4, -0.2) is 67.6 Å². The molecule has 0 atom stereocenters. The number of hydrogen-bond acceptors (Lipinski definition) is 5. The van der Waals surface area contributed by atoms with Gasteiger partial charge in [0.25, 0.3) is 0 Å². The highest BCUT2D eigenvalue weighted by Crippen LogP contribution is 2.25. The Kier molecular flexibility index (Phi) is 6.21. The molecule has 1 aromatic carbocycles. The van der Waals surface area contributed by atoms with Crippen LogP contribution in [0, 0.1) is 6.92 Å². The molecule has 25 heavy (non-hydrogen) atoms. The largest absolute Gasteiger partial charge is 0.495 e. The molecule has 2 rings (SSSR count). The summed E-state index contributed by atoms with van der Waals surface area (Å²) in [5.74, 6) is -0.876. The minimum Gasteiger partial charge on any atom is -0.495 e. The van der Waals surface area contributed by atoms with E-state index in [0.717, 1.165) is 5.56 Å². The number of aryl methyl sites for hydroxylation is 1. The Morgan fingerprint density at radius 1 is 1.12 bits per heavy atom. The summed E-state index contributed by atoms with van der Waals surface area (Å²) in [6, 6.07) is 5.32. The van der Waals surface area contributed by atoms with Crippen molar-refractivity contribution in [2.45, 2.75) is 13.8 Å². The molecule has 8 heteroatoms. The number of methoxy groups -OCH3 is 1. The van der Waals surface area contributed by atoms with Crippen molar-refractivity contribution in [2.75, 3.05) is 45.2 Å². The van der Waals surface area contributed by atoms with Gasteiger partial charge in [0.1, 0.15) is 5.75 Å². The second-order valence-electron chi connectivity index (χ2n) is 5.64. The molecule has 0 aromatic heterocycles. The number of nitrogens with zero attached hydrogens (tertiary/aromatic N) is 2. The molecule has 1 aliphatic rings. The average molecular weight is 349 g/mol. The zero-order chi connectivity index (χ0) is 18.4. The number of nitrogens with one attached hydrogen (secondary N) is 1. The molecule has 0 saturated carbocycles. The van der Waals surface area contributed by atoms with Gasteiger partial charge in [0.15, 0.2) is 0 Å². The smallest absolute Gasteiger partial charge is 0.409 e. The van der Waals surface area contributed by atoms with Gasteiger partial charge in [-0.15, -0.1) is 0 Å². The standard InChI is InChI=1S/C17H23N3O5/c1-4-25-17(23)20-9-7-19(8-10-20)16(22)15(21)18-13-11-12(2)5-6-14(13)24-3/h5-6,11H,4,7-10H2,1-3H3,(H,18,21). The van der Waals surface area contributed by atoms with Crippen LogP contribution in [0.2, 0.25) is 0 Å². The summed E-state index contributed by atoms with van der Waals surface area (Å²) in [6.07, 6.45) is -0.399. The third-order valence-electron chi connectivity index (χ3n) is 3.89. The molecule has 0 bridgehead atoms. The summed E-state index contributed by atoms with van der Waals surface area (Å²) < 4.78 is 10.1. The molecule has 136 valence electrons. The third kappa shape index (κ3) is 4.62. The quantitative estimate of drug-likeness (QED) is 0.830. The van der Waals surface area contributed by atoms with Crippen LogP contribution < -0.4 is 10.1 Å². The predicted molar refractivity (Wildman–Crippen MR) is 91.5 cm³/mol. The van der Waals surface area contributed by atoms with E-state index in [4.69, 9.17) is 9.47 Å². The van der Waals surface area contributed by atoms with Crippen LogP contribution in [0.5, 0.6) is 5.75 Å². The van der Waals surface area contributed by atoms with E-state index in [1.54, 1.807) is 19.1 Å². The van der Waals surface area contributed by atoms with Gasteiger partial charge in [-0.25, -0.2) is 4.79 Å². The van der Waals surface area contributed by atoms with E-state index < -0.39 is 17.9 Å². The summed E-state index contributed by atoms with van der Waals surface area (Å²) in [6.45, 7) is 5.18. The van der Waals surface area contributed by atoms with Crippen LogP contribution in [0.15, 0.2) is 18.2 Å². The van der Waals surface area contributed by atoms with E-state index in [-0.39, 0.29) is 13.1 Å². The SMILES string of the molecule is CCOC(=O)N1CCN(C(=O)C(=O)Nc2cc(C)ccc2OC)CC1. The topological polar surface area (TPSA) is 88.2 Å². The molecule has 1 aromatic rings. The molecule has 3 amide bonds. The molecule has 0 spiro atoms. The van der Waals surface area contributed by atoms with Crippen LogP contribution in [0.4, 0.5) is 10.5 Å². The van der Waals surface area contributed by atoms with E-state index in [2.05, 4.69) is 5.32 Å². The Balaban J connectivity index is 1.94. The number of amides is 3. The average Bonchev–Trinajstić information content (AvgIpc) is 2.61. The number of carbonyl (C=O) groups is 3. The van der Waals surface area contributed by atoms with Gasteiger partial charge in [-0.2, -0.15) is 0 Å². The molecule has 0 radical (unpaired) electrons. The van der Waals surface area contributed by atoms with Crippen LogP contribution in [0.25, 0.3) is 0 Å². The summed E-state index contributed by atoms with van der Waals surface area (Å²) in [5.41, 5.74) is 1.39. The zero-order valence-corrected chi connectivity index (χ0v) is 14.7. The van der Waals surface area contributed by atoms with E-state index >= 15 is 0 Å². The lowest BCUT2D eigenvalue weighted by Crippen LogP contribution is -2.53. The van der Waals surface area contributed by atoms with Crippen LogP contribution >= 0.6 is 0 Å². The van der Waals surface area contributed by atoms with Crippen LogP contribution in [-0.2, 0) is 14.3 Å². The Hall–Kier alpha value is -2.77. The number of anilines is 1. The maximum atomic E-state index is 12.3. The monoisotopic (exact) mass is 349 g/mol. The Morgan fingerprint density at radius 2 is 1.76 bits per heavy atom. The first kappa shape index (κ1) is 18.6. The molecule has 0 aliphatic carbocycles. The van der Waals surface area contributed by atoms with E-state index in [0.29, 0.717) is 31.1 Å². The predicted octanol–water partition coefficient (Wildman–Crippen LogP) is 1.24. The van der Waals surface area contributed by atoms with Crippen molar-refractivity contribution in [1.29, 1.82) is 0 Å². The van der Waals surface area contributed by atoms with Crippen molar-refractivity contribution >= 4 is 23.6 Å².